The molecule has 0 aliphatic carbocycles. The first-order chi connectivity index (χ1) is 14.8. The number of rotatable bonds is 4. The van der Waals surface area contributed by atoms with Gasteiger partial charge in [-0.3, -0.25) is 0 Å². The van der Waals surface area contributed by atoms with E-state index in [-0.39, 0.29) is 0 Å². The molecule has 0 fully saturated rings. The summed E-state index contributed by atoms with van der Waals surface area (Å²) in [6.07, 6.45) is 0. The molecule has 0 atom stereocenters. The molecule has 5 aromatic rings. The van der Waals surface area contributed by atoms with E-state index in [4.69, 9.17) is 0 Å². The zero-order valence-corrected chi connectivity index (χ0v) is 17.9. The van der Waals surface area contributed by atoms with E-state index in [9.17, 15) is 0 Å². The second kappa shape index (κ2) is 8.17. The molecule has 1 nitrogen and oxygen atoms in total. The SMILES string of the molecule is Brc1ccc(Nc2ccc(-c3ccc4ccccc4c3)cc2)c(-c2ccccc2)c1. The van der Waals surface area contributed by atoms with Crippen LogP contribution in [0.1, 0.15) is 0 Å². The number of hydrogen-bond acceptors (Lipinski definition) is 1. The van der Waals surface area contributed by atoms with Gasteiger partial charge < -0.3 is 5.32 Å². The van der Waals surface area contributed by atoms with Gasteiger partial charge in [-0.15, -0.1) is 0 Å². The van der Waals surface area contributed by atoms with Crippen molar-refractivity contribution < 1.29 is 0 Å². The van der Waals surface area contributed by atoms with Crippen molar-refractivity contribution in [2.45, 2.75) is 0 Å². The van der Waals surface area contributed by atoms with Crippen LogP contribution in [0.15, 0.2) is 120 Å². The Bertz CT molecular complexity index is 1310. The molecule has 144 valence electrons. The Labute approximate surface area is 185 Å². The van der Waals surface area contributed by atoms with Crippen LogP contribution in [0.3, 0.4) is 0 Å². The Morgan fingerprint density at radius 1 is 0.500 bits per heavy atom. The van der Waals surface area contributed by atoms with E-state index in [0.717, 1.165) is 15.8 Å². The van der Waals surface area contributed by atoms with Crippen LogP contribution in [-0.4, -0.2) is 0 Å². The van der Waals surface area contributed by atoms with Crippen molar-refractivity contribution in [3.8, 4) is 22.3 Å². The summed E-state index contributed by atoms with van der Waals surface area (Å²) >= 11 is 3.60. The average Bonchev–Trinajstić information content (AvgIpc) is 2.81. The van der Waals surface area contributed by atoms with Gasteiger partial charge in [-0.1, -0.05) is 94.8 Å². The minimum atomic E-state index is 1.07. The molecule has 1 N–H and O–H groups in total. The molecule has 0 amide bonds. The van der Waals surface area contributed by atoms with Gasteiger partial charge in [-0.2, -0.15) is 0 Å². The lowest BCUT2D eigenvalue weighted by molar-refractivity contribution is 1.52. The maximum atomic E-state index is 3.60. The van der Waals surface area contributed by atoms with Crippen LogP contribution in [0.5, 0.6) is 0 Å². The minimum absolute atomic E-state index is 1.07. The quantitative estimate of drug-likeness (QED) is 0.289. The van der Waals surface area contributed by atoms with Crippen molar-refractivity contribution in [3.63, 3.8) is 0 Å². The lowest BCUT2D eigenvalue weighted by Gasteiger charge is -2.14. The standard InChI is InChI=1S/C28H20BrN/c29-25-14-17-28(27(19-25)22-7-2-1-3-8-22)30-26-15-12-21(13-16-26)24-11-10-20-6-4-5-9-23(20)18-24/h1-19,30H. The maximum Gasteiger partial charge on any atom is 0.0464 e. The van der Waals surface area contributed by atoms with Crippen LogP contribution >= 0.6 is 15.9 Å². The fraction of sp³-hybridized carbons (Fsp3) is 0. The van der Waals surface area contributed by atoms with Crippen molar-refractivity contribution in [1.29, 1.82) is 0 Å². The third-order valence-electron chi connectivity index (χ3n) is 5.31. The Hall–Kier alpha value is -3.36. The van der Waals surface area contributed by atoms with Crippen LogP contribution in [0.4, 0.5) is 11.4 Å². The van der Waals surface area contributed by atoms with E-state index in [2.05, 4.69) is 130 Å². The van der Waals surface area contributed by atoms with Gasteiger partial charge in [0, 0.05) is 21.4 Å². The van der Waals surface area contributed by atoms with Gasteiger partial charge in [0.1, 0.15) is 0 Å². The summed E-state index contributed by atoms with van der Waals surface area (Å²) in [6.45, 7) is 0. The molecule has 0 bridgehead atoms. The predicted octanol–water partition coefficient (Wildman–Crippen LogP) is 8.68. The fourth-order valence-corrected chi connectivity index (χ4v) is 4.11. The molecule has 0 saturated heterocycles. The molecule has 0 aliphatic rings. The van der Waals surface area contributed by atoms with E-state index in [0.29, 0.717) is 0 Å². The molecule has 0 saturated carbocycles. The Morgan fingerprint density at radius 3 is 2.00 bits per heavy atom. The summed E-state index contributed by atoms with van der Waals surface area (Å²) in [6, 6.07) is 40.5. The Kier molecular flexibility index (Phi) is 5.08. The summed E-state index contributed by atoms with van der Waals surface area (Å²) in [5.41, 5.74) is 6.96. The highest BCUT2D eigenvalue weighted by atomic mass is 79.9. The minimum Gasteiger partial charge on any atom is -0.355 e. The third-order valence-corrected chi connectivity index (χ3v) is 5.81. The molecule has 0 aliphatic heterocycles. The molecule has 5 aromatic carbocycles. The highest BCUT2D eigenvalue weighted by Gasteiger charge is 2.07. The smallest absolute Gasteiger partial charge is 0.0464 e. The van der Waals surface area contributed by atoms with Crippen molar-refractivity contribution >= 4 is 38.1 Å². The number of hydrogen-bond donors (Lipinski definition) is 1. The van der Waals surface area contributed by atoms with Crippen LogP contribution in [0.25, 0.3) is 33.0 Å². The zero-order valence-electron chi connectivity index (χ0n) is 16.3. The first-order valence-electron chi connectivity index (χ1n) is 9.97. The highest BCUT2D eigenvalue weighted by Crippen LogP contribution is 2.33. The summed E-state index contributed by atoms with van der Waals surface area (Å²) in [4.78, 5) is 0. The van der Waals surface area contributed by atoms with Gasteiger partial charge in [0.05, 0.1) is 0 Å². The molecule has 0 aromatic heterocycles. The van der Waals surface area contributed by atoms with Crippen LogP contribution in [0.2, 0.25) is 0 Å². The van der Waals surface area contributed by atoms with Gasteiger partial charge in [0.25, 0.3) is 0 Å². The van der Waals surface area contributed by atoms with Gasteiger partial charge in [0.15, 0.2) is 0 Å². The van der Waals surface area contributed by atoms with Crippen molar-refractivity contribution in [3.05, 3.63) is 120 Å². The van der Waals surface area contributed by atoms with E-state index in [1.165, 1.54) is 33.0 Å². The molecular formula is C28H20BrN. The number of nitrogens with one attached hydrogen (secondary N) is 1. The third kappa shape index (κ3) is 3.87. The van der Waals surface area contributed by atoms with Crippen molar-refractivity contribution in [2.75, 3.05) is 5.32 Å². The summed E-state index contributed by atoms with van der Waals surface area (Å²) in [7, 11) is 0. The Morgan fingerprint density at radius 2 is 1.20 bits per heavy atom. The number of anilines is 2. The molecular weight excluding hydrogens is 430 g/mol. The van der Waals surface area contributed by atoms with Gasteiger partial charge in [-0.25, -0.2) is 0 Å². The average molecular weight is 450 g/mol. The van der Waals surface area contributed by atoms with Crippen LogP contribution in [0, 0.1) is 0 Å². The van der Waals surface area contributed by atoms with Crippen molar-refractivity contribution in [1.82, 2.24) is 0 Å². The normalized spacial score (nSPS) is 10.8. The molecule has 5 rings (SSSR count). The molecule has 0 spiro atoms. The van der Waals surface area contributed by atoms with Gasteiger partial charge >= 0.3 is 0 Å². The Balaban J connectivity index is 1.44. The van der Waals surface area contributed by atoms with Gasteiger partial charge in [0.2, 0.25) is 0 Å². The summed E-state index contributed by atoms with van der Waals surface area (Å²) in [5.74, 6) is 0. The first kappa shape index (κ1) is 18.7. The van der Waals surface area contributed by atoms with Crippen LogP contribution in [-0.2, 0) is 0 Å². The molecule has 2 heteroatoms. The molecule has 0 radical (unpaired) electrons. The number of benzene rings is 5. The topological polar surface area (TPSA) is 12.0 Å². The summed E-state index contributed by atoms with van der Waals surface area (Å²) in [5, 5.41) is 6.12. The number of halogens is 1. The van der Waals surface area contributed by atoms with E-state index >= 15 is 0 Å². The lowest BCUT2D eigenvalue weighted by atomic mass is 10.0. The molecule has 0 unspecified atom stereocenters. The number of fused-ring (bicyclic) bond motifs is 1. The maximum absolute atomic E-state index is 3.60. The second-order valence-electron chi connectivity index (χ2n) is 7.32. The lowest BCUT2D eigenvalue weighted by Crippen LogP contribution is -1.93. The predicted molar refractivity (Wildman–Crippen MR) is 132 cm³/mol. The zero-order chi connectivity index (χ0) is 20.3. The molecule has 0 heterocycles. The first-order valence-corrected chi connectivity index (χ1v) is 10.8. The van der Waals surface area contributed by atoms with E-state index < -0.39 is 0 Å². The van der Waals surface area contributed by atoms with Crippen LogP contribution < -0.4 is 5.32 Å². The van der Waals surface area contributed by atoms with Gasteiger partial charge in [-0.05, 0) is 63.9 Å². The fourth-order valence-electron chi connectivity index (χ4n) is 3.75. The second-order valence-corrected chi connectivity index (χ2v) is 8.24. The van der Waals surface area contributed by atoms with Crippen molar-refractivity contribution in [2.24, 2.45) is 0 Å². The monoisotopic (exact) mass is 449 g/mol. The van der Waals surface area contributed by atoms with E-state index in [1.807, 2.05) is 6.07 Å². The molecule has 30 heavy (non-hydrogen) atoms. The highest BCUT2D eigenvalue weighted by molar-refractivity contribution is 9.10. The van der Waals surface area contributed by atoms with E-state index in [1.54, 1.807) is 0 Å². The summed E-state index contributed by atoms with van der Waals surface area (Å²) < 4.78 is 1.07. The largest absolute Gasteiger partial charge is 0.355 e.